The smallest absolute Gasteiger partial charge is 0.275 e. The molecular weight excluding hydrogens is 474 g/mol. The summed E-state index contributed by atoms with van der Waals surface area (Å²) in [4.78, 5) is 30.5. The van der Waals surface area contributed by atoms with Crippen molar-refractivity contribution in [2.75, 3.05) is 0 Å². The Bertz CT molecular complexity index is 1770. The summed E-state index contributed by atoms with van der Waals surface area (Å²) >= 11 is 3.36. The molecule has 2 N–H and O–H groups in total. The van der Waals surface area contributed by atoms with Gasteiger partial charge in [-0.05, 0) is 48.9 Å². The van der Waals surface area contributed by atoms with Gasteiger partial charge in [0, 0.05) is 9.69 Å². The lowest BCUT2D eigenvalue weighted by Crippen LogP contribution is -2.34. The van der Waals surface area contributed by atoms with Gasteiger partial charge in [0.25, 0.3) is 11.1 Å². The quantitative estimate of drug-likeness (QED) is 0.396. The van der Waals surface area contributed by atoms with E-state index >= 15 is 0 Å². The summed E-state index contributed by atoms with van der Waals surface area (Å²) in [5.74, 6) is -0.346. The third-order valence-electron chi connectivity index (χ3n) is 5.37. The first kappa shape index (κ1) is 19.8. The van der Waals surface area contributed by atoms with Crippen molar-refractivity contribution in [3.05, 3.63) is 95.6 Å². The molecule has 5 rings (SSSR count). The number of aromatic amines is 1. The highest BCUT2D eigenvalue weighted by atomic mass is 79.9. The molecule has 0 atom stereocenters. The van der Waals surface area contributed by atoms with Gasteiger partial charge in [-0.2, -0.15) is 5.26 Å². The topological polar surface area (TPSA) is 116 Å². The van der Waals surface area contributed by atoms with E-state index in [1.165, 1.54) is 15.2 Å². The van der Waals surface area contributed by atoms with Gasteiger partial charge in [0.05, 0.1) is 22.3 Å². The molecular formula is C23H14BrN5O3. The summed E-state index contributed by atoms with van der Waals surface area (Å²) < 4.78 is 3.36. The Morgan fingerprint density at radius 3 is 2.72 bits per heavy atom. The number of aromatic nitrogens is 4. The Hall–Kier alpha value is -4.16. The number of nitriles is 1. The van der Waals surface area contributed by atoms with Crippen LogP contribution in [0.3, 0.4) is 0 Å². The molecule has 8 nitrogen and oxygen atoms in total. The fourth-order valence-corrected chi connectivity index (χ4v) is 4.19. The largest absolute Gasteiger partial charge is 0.493 e. The highest BCUT2D eigenvalue weighted by Gasteiger charge is 2.18. The zero-order valence-corrected chi connectivity index (χ0v) is 18.2. The van der Waals surface area contributed by atoms with E-state index < -0.39 is 11.1 Å². The van der Waals surface area contributed by atoms with Crippen LogP contribution in [0, 0.1) is 18.3 Å². The predicted molar refractivity (Wildman–Crippen MR) is 123 cm³/mol. The number of H-pyrrole nitrogens is 1. The minimum absolute atomic E-state index is 0.0853. The van der Waals surface area contributed by atoms with Crippen LogP contribution in [0.25, 0.3) is 28.4 Å². The molecule has 0 amide bonds. The summed E-state index contributed by atoms with van der Waals surface area (Å²) in [5.41, 5.74) is 1.46. The summed E-state index contributed by atoms with van der Waals surface area (Å²) in [5, 5.41) is 23.2. The van der Waals surface area contributed by atoms with Crippen LogP contribution in [-0.4, -0.2) is 24.3 Å². The van der Waals surface area contributed by atoms with Crippen molar-refractivity contribution in [1.82, 2.24) is 19.2 Å². The van der Waals surface area contributed by atoms with E-state index in [1.54, 1.807) is 49.4 Å². The number of aromatic hydroxyl groups is 1. The van der Waals surface area contributed by atoms with E-state index in [-0.39, 0.29) is 27.9 Å². The van der Waals surface area contributed by atoms with E-state index in [2.05, 4.69) is 32.1 Å². The lowest BCUT2D eigenvalue weighted by atomic mass is 10.1. The molecule has 156 valence electrons. The van der Waals surface area contributed by atoms with E-state index in [0.717, 1.165) is 4.47 Å². The van der Waals surface area contributed by atoms with Gasteiger partial charge in [-0.25, -0.2) is 9.67 Å². The Kier molecular flexibility index (Phi) is 4.46. The molecule has 0 aliphatic carbocycles. The Morgan fingerprint density at radius 2 is 1.97 bits per heavy atom. The second-order valence-electron chi connectivity index (χ2n) is 7.23. The Balaban J connectivity index is 1.86. The molecule has 9 heteroatoms. The maximum Gasteiger partial charge on any atom is 0.275 e. The standard InChI is InChI=1S/C23H14BrN5O3/c1-12-15(10-16-21(30)27-29(23(16)32)14-6-4-5-13(24)9-14)22(31)28-19-8-3-2-7-18(19)26-20(28)17(12)11-25/h2-10,32H,1H3,(H,27,30)/b15-10+. The van der Waals surface area contributed by atoms with Crippen molar-refractivity contribution in [3.63, 3.8) is 0 Å². The van der Waals surface area contributed by atoms with Crippen molar-refractivity contribution >= 4 is 38.7 Å². The Morgan fingerprint density at radius 1 is 1.19 bits per heavy atom. The van der Waals surface area contributed by atoms with Crippen molar-refractivity contribution in [2.45, 2.75) is 6.92 Å². The number of benzene rings is 2. The first-order valence-electron chi connectivity index (χ1n) is 9.56. The average Bonchev–Trinajstić information content (AvgIpc) is 3.29. The highest BCUT2D eigenvalue weighted by Crippen LogP contribution is 2.22. The lowest BCUT2D eigenvalue weighted by Gasteiger charge is -2.05. The van der Waals surface area contributed by atoms with Crippen LogP contribution in [0.5, 0.6) is 5.88 Å². The number of halogens is 1. The molecule has 0 spiro atoms. The number of hydrogen-bond donors (Lipinski definition) is 2. The number of pyridine rings is 1. The molecule has 0 unspecified atom stereocenters. The summed E-state index contributed by atoms with van der Waals surface area (Å²) in [7, 11) is 0. The van der Waals surface area contributed by atoms with Crippen LogP contribution in [-0.2, 0) is 0 Å². The van der Waals surface area contributed by atoms with Crippen LogP contribution >= 0.6 is 15.9 Å². The molecule has 0 bridgehead atoms. The summed E-state index contributed by atoms with van der Waals surface area (Å²) in [6.45, 7) is 1.63. The minimum Gasteiger partial charge on any atom is -0.493 e. The number of fused-ring (bicyclic) bond motifs is 3. The molecule has 3 aromatic heterocycles. The third kappa shape index (κ3) is 2.85. The Labute approximate surface area is 188 Å². The molecule has 0 saturated heterocycles. The van der Waals surface area contributed by atoms with E-state index in [9.17, 15) is 20.0 Å². The zero-order valence-electron chi connectivity index (χ0n) is 16.6. The second kappa shape index (κ2) is 7.21. The van der Waals surface area contributed by atoms with Gasteiger partial charge in [-0.1, -0.05) is 34.1 Å². The van der Waals surface area contributed by atoms with E-state index in [4.69, 9.17) is 0 Å². The number of nitrogens with one attached hydrogen (secondary N) is 1. The number of imidazole rings is 1. The molecule has 0 aliphatic heterocycles. The van der Waals surface area contributed by atoms with Gasteiger partial charge in [-0.15, -0.1) is 0 Å². The van der Waals surface area contributed by atoms with Gasteiger partial charge in [-0.3, -0.25) is 19.1 Å². The van der Waals surface area contributed by atoms with Crippen LogP contribution in [0.4, 0.5) is 0 Å². The first-order valence-corrected chi connectivity index (χ1v) is 10.4. The lowest BCUT2D eigenvalue weighted by molar-refractivity contribution is 0.432. The molecule has 0 radical (unpaired) electrons. The van der Waals surface area contributed by atoms with Crippen molar-refractivity contribution in [3.8, 4) is 17.6 Å². The van der Waals surface area contributed by atoms with Crippen LogP contribution < -0.4 is 16.3 Å². The molecule has 0 saturated carbocycles. The molecule has 3 heterocycles. The average molecular weight is 488 g/mol. The van der Waals surface area contributed by atoms with Crippen molar-refractivity contribution in [2.24, 2.45) is 0 Å². The van der Waals surface area contributed by atoms with Gasteiger partial charge in [0.15, 0.2) is 5.65 Å². The van der Waals surface area contributed by atoms with E-state index in [1.807, 2.05) is 6.07 Å². The molecule has 2 aromatic carbocycles. The van der Waals surface area contributed by atoms with Crippen LogP contribution in [0.2, 0.25) is 0 Å². The molecule has 0 aliphatic rings. The minimum atomic E-state index is -0.574. The van der Waals surface area contributed by atoms with Crippen molar-refractivity contribution in [1.29, 1.82) is 5.26 Å². The van der Waals surface area contributed by atoms with Crippen LogP contribution in [0.15, 0.2) is 62.6 Å². The van der Waals surface area contributed by atoms with Gasteiger partial charge < -0.3 is 5.11 Å². The van der Waals surface area contributed by atoms with Crippen molar-refractivity contribution < 1.29 is 5.11 Å². The first-order chi connectivity index (χ1) is 15.4. The highest BCUT2D eigenvalue weighted by molar-refractivity contribution is 9.10. The van der Waals surface area contributed by atoms with Gasteiger partial charge >= 0.3 is 0 Å². The van der Waals surface area contributed by atoms with E-state index in [0.29, 0.717) is 22.3 Å². The number of hydrogen-bond acceptors (Lipinski definition) is 5. The normalized spacial score (nSPS) is 12.0. The van der Waals surface area contributed by atoms with Gasteiger partial charge in [0.2, 0.25) is 5.88 Å². The monoisotopic (exact) mass is 487 g/mol. The fourth-order valence-electron chi connectivity index (χ4n) is 3.80. The third-order valence-corrected chi connectivity index (χ3v) is 5.87. The number of para-hydroxylation sites is 2. The van der Waals surface area contributed by atoms with Crippen LogP contribution in [0.1, 0.15) is 16.7 Å². The fraction of sp³-hybridized carbons (Fsp3) is 0.0435. The second-order valence-corrected chi connectivity index (χ2v) is 8.14. The SMILES string of the molecule is Cc1c(C#N)c2nc3ccccc3n2c(=O)/c1=C/c1c(O)n(-c2cccc(Br)c2)[nH]c1=O. The maximum absolute atomic E-state index is 13.4. The number of nitrogens with zero attached hydrogens (tertiary/aromatic N) is 4. The summed E-state index contributed by atoms with van der Waals surface area (Å²) in [6, 6.07) is 16.2. The molecule has 0 fully saturated rings. The molecule has 5 aromatic rings. The van der Waals surface area contributed by atoms with Gasteiger partial charge in [0.1, 0.15) is 11.6 Å². The predicted octanol–water partition coefficient (Wildman–Crippen LogP) is 2.52. The maximum atomic E-state index is 13.4. The summed E-state index contributed by atoms with van der Waals surface area (Å²) in [6.07, 6.45) is 1.31. The number of rotatable bonds is 2. The zero-order chi connectivity index (χ0) is 22.6. The molecule has 32 heavy (non-hydrogen) atoms.